The second kappa shape index (κ2) is 5.96. The van der Waals surface area contributed by atoms with Gasteiger partial charge in [-0.2, -0.15) is 0 Å². The second-order valence-corrected chi connectivity index (χ2v) is 5.86. The highest BCUT2D eigenvalue weighted by atomic mass is 32.2. The molecule has 1 aromatic rings. The van der Waals surface area contributed by atoms with E-state index in [1.807, 2.05) is 45.0 Å². The number of rotatable bonds is 5. The number of nitrogen functional groups attached to an aromatic ring is 1. The quantitative estimate of drug-likeness (QED) is 0.647. The lowest BCUT2D eigenvalue weighted by atomic mass is 10.2. The fourth-order valence-electron chi connectivity index (χ4n) is 1.24. The van der Waals surface area contributed by atoms with Crippen molar-refractivity contribution in [2.24, 2.45) is 0 Å². The normalized spacial score (nSPS) is 11.2. The summed E-state index contributed by atoms with van der Waals surface area (Å²) >= 11 is 1.57. The van der Waals surface area contributed by atoms with Crippen LogP contribution in [0.3, 0.4) is 0 Å². The molecule has 0 aliphatic carbocycles. The molecule has 0 aromatic heterocycles. The number of hydrogen-bond acceptors (Lipinski definition) is 4. The number of benzene rings is 1. The van der Waals surface area contributed by atoms with Gasteiger partial charge < -0.3 is 10.5 Å². The van der Waals surface area contributed by atoms with Gasteiger partial charge in [-0.3, -0.25) is 4.79 Å². The number of carbonyl (C=O) groups excluding carboxylic acids is 1. The van der Waals surface area contributed by atoms with Gasteiger partial charge in [-0.05, 0) is 38.5 Å². The molecular weight excluding hydrogens is 234 g/mol. The topological polar surface area (TPSA) is 52.3 Å². The Morgan fingerprint density at radius 2 is 1.94 bits per heavy atom. The third kappa shape index (κ3) is 4.30. The van der Waals surface area contributed by atoms with Gasteiger partial charge in [0.05, 0.1) is 6.61 Å². The van der Waals surface area contributed by atoms with Crippen LogP contribution < -0.4 is 5.73 Å². The van der Waals surface area contributed by atoms with E-state index in [2.05, 4.69) is 0 Å². The van der Waals surface area contributed by atoms with E-state index in [1.54, 1.807) is 11.8 Å². The third-order valence-electron chi connectivity index (χ3n) is 2.35. The van der Waals surface area contributed by atoms with E-state index in [-0.39, 0.29) is 5.97 Å². The summed E-state index contributed by atoms with van der Waals surface area (Å²) in [5.74, 6) is 0.604. The monoisotopic (exact) mass is 253 g/mol. The highest BCUT2D eigenvalue weighted by molar-refractivity contribution is 8.00. The van der Waals surface area contributed by atoms with Gasteiger partial charge in [0.15, 0.2) is 0 Å². The zero-order chi connectivity index (χ0) is 12.9. The average molecular weight is 253 g/mol. The lowest BCUT2D eigenvalue weighted by Crippen LogP contribution is -2.30. The van der Waals surface area contributed by atoms with E-state index in [1.165, 1.54) is 0 Å². The van der Waals surface area contributed by atoms with E-state index in [0.717, 1.165) is 17.0 Å². The first-order chi connectivity index (χ1) is 7.95. The predicted octanol–water partition coefficient (Wildman–Crippen LogP) is 2.84. The maximum atomic E-state index is 11.7. The first-order valence-electron chi connectivity index (χ1n) is 5.61. The van der Waals surface area contributed by atoms with Crippen molar-refractivity contribution in [1.29, 1.82) is 0 Å². The fraction of sp³-hybridized carbons (Fsp3) is 0.462. The molecule has 2 N–H and O–H groups in total. The minimum atomic E-state index is -0.516. The third-order valence-corrected chi connectivity index (χ3v) is 3.71. The standard InChI is InChI=1S/C13H19NO2S/c1-4-16-12(15)13(2,3)17-9-10-5-7-11(14)8-6-10/h5-8H,4,9,14H2,1-3H3. The Hall–Kier alpha value is -1.16. The Morgan fingerprint density at radius 3 is 2.47 bits per heavy atom. The Balaban J connectivity index is 2.54. The molecule has 4 heteroatoms. The molecule has 0 saturated heterocycles. The van der Waals surface area contributed by atoms with Crippen LogP contribution in [0.4, 0.5) is 5.69 Å². The van der Waals surface area contributed by atoms with E-state index >= 15 is 0 Å². The van der Waals surface area contributed by atoms with Crippen LogP contribution in [0.25, 0.3) is 0 Å². The molecule has 0 saturated carbocycles. The number of hydrogen-bond donors (Lipinski definition) is 1. The molecule has 0 unspecified atom stereocenters. The van der Waals surface area contributed by atoms with Gasteiger partial charge in [0.1, 0.15) is 4.75 Å². The van der Waals surface area contributed by atoms with Crippen LogP contribution in [0, 0.1) is 0 Å². The summed E-state index contributed by atoms with van der Waals surface area (Å²) in [4.78, 5) is 11.7. The van der Waals surface area contributed by atoms with Crippen LogP contribution in [0.15, 0.2) is 24.3 Å². The molecule has 0 radical (unpaired) electrons. The smallest absolute Gasteiger partial charge is 0.321 e. The SMILES string of the molecule is CCOC(=O)C(C)(C)SCc1ccc(N)cc1. The summed E-state index contributed by atoms with van der Waals surface area (Å²) in [6.07, 6.45) is 0. The summed E-state index contributed by atoms with van der Waals surface area (Å²) in [5, 5.41) is 0. The van der Waals surface area contributed by atoms with Crippen LogP contribution in [-0.2, 0) is 15.3 Å². The lowest BCUT2D eigenvalue weighted by molar-refractivity contribution is -0.145. The van der Waals surface area contributed by atoms with E-state index < -0.39 is 4.75 Å². The molecular formula is C13H19NO2S. The minimum Gasteiger partial charge on any atom is -0.465 e. The van der Waals surface area contributed by atoms with Crippen LogP contribution >= 0.6 is 11.8 Å². The molecule has 0 heterocycles. The Kier molecular flexibility index (Phi) is 4.87. The van der Waals surface area contributed by atoms with Crippen molar-refractivity contribution in [2.75, 3.05) is 12.3 Å². The van der Waals surface area contributed by atoms with Crippen molar-refractivity contribution in [3.05, 3.63) is 29.8 Å². The largest absolute Gasteiger partial charge is 0.465 e. The van der Waals surface area contributed by atoms with E-state index in [9.17, 15) is 4.79 Å². The molecule has 1 aromatic carbocycles. The molecule has 0 bridgehead atoms. The van der Waals surface area contributed by atoms with Crippen molar-refractivity contribution in [2.45, 2.75) is 31.3 Å². The summed E-state index contributed by atoms with van der Waals surface area (Å²) in [6, 6.07) is 7.69. The van der Waals surface area contributed by atoms with Gasteiger partial charge >= 0.3 is 5.97 Å². The van der Waals surface area contributed by atoms with Crippen molar-refractivity contribution in [3.63, 3.8) is 0 Å². The van der Waals surface area contributed by atoms with E-state index in [0.29, 0.717) is 6.61 Å². The van der Waals surface area contributed by atoms with Gasteiger partial charge in [-0.15, -0.1) is 11.8 Å². The molecule has 0 aliphatic rings. The summed E-state index contributed by atoms with van der Waals surface area (Å²) in [7, 11) is 0. The predicted molar refractivity (Wildman–Crippen MR) is 72.9 cm³/mol. The summed E-state index contributed by atoms with van der Waals surface area (Å²) < 4.78 is 4.52. The molecule has 0 spiro atoms. The van der Waals surface area contributed by atoms with Crippen molar-refractivity contribution < 1.29 is 9.53 Å². The van der Waals surface area contributed by atoms with Gasteiger partial charge in [0.2, 0.25) is 0 Å². The van der Waals surface area contributed by atoms with Gasteiger partial charge in [-0.1, -0.05) is 12.1 Å². The minimum absolute atomic E-state index is 0.166. The summed E-state index contributed by atoms with van der Waals surface area (Å²) in [6.45, 7) is 6.00. The molecule has 3 nitrogen and oxygen atoms in total. The van der Waals surface area contributed by atoms with Crippen molar-refractivity contribution >= 4 is 23.4 Å². The number of anilines is 1. The van der Waals surface area contributed by atoms with Crippen molar-refractivity contribution in [1.82, 2.24) is 0 Å². The van der Waals surface area contributed by atoms with Crippen LogP contribution in [0.1, 0.15) is 26.3 Å². The van der Waals surface area contributed by atoms with Crippen LogP contribution in [0.2, 0.25) is 0 Å². The Labute approximate surface area is 107 Å². The zero-order valence-corrected chi connectivity index (χ0v) is 11.3. The highest BCUT2D eigenvalue weighted by Gasteiger charge is 2.29. The maximum absolute atomic E-state index is 11.7. The number of esters is 1. The average Bonchev–Trinajstić information content (AvgIpc) is 2.29. The van der Waals surface area contributed by atoms with Gasteiger partial charge in [-0.25, -0.2) is 0 Å². The maximum Gasteiger partial charge on any atom is 0.321 e. The first-order valence-corrected chi connectivity index (χ1v) is 6.60. The molecule has 17 heavy (non-hydrogen) atoms. The molecule has 0 fully saturated rings. The van der Waals surface area contributed by atoms with Gasteiger partial charge in [0.25, 0.3) is 0 Å². The highest BCUT2D eigenvalue weighted by Crippen LogP contribution is 2.29. The van der Waals surface area contributed by atoms with E-state index in [4.69, 9.17) is 10.5 Å². The van der Waals surface area contributed by atoms with Crippen LogP contribution in [-0.4, -0.2) is 17.3 Å². The Bertz CT molecular complexity index is 374. The molecule has 0 amide bonds. The second-order valence-electron chi connectivity index (χ2n) is 4.26. The van der Waals surface area contributed by atoms with Gasteiger partial charge in [0, 0.05) is 11.4 Å². The van der Waals surface area contributed by atoms with Crippen LogP contribution in [0.5, 0.6) is 0 Å². The van der Waals surface area contributed by atoms with Crippen molar-refractivity contribution in [3.8, 4) is 0 Å². The number of nitrogens with two attached hydrogens (primary N) is 1. The molecule has 0 aliphatic heterocycles. The molecule has 1 rings (SSSR count). The number of carbonyl (C=O) groups is 1. The number of ether oxygens (including phenoxy) is 1. The number of thioether (sulfide) groups is 1. The Morgan fingerprint density at radius 1 is 1.35 bits per heavy atom. The lowest BCUT2D eigenvalue weighted by Gasteiger charge is -2.21. The molecule has 94 valence electrons. The molecule has 0 atom stereocenters. The zero-order valence-electron chi connectivity index (χ0n) is 10.5. The summed E-state index contributed by atoms with van der Waals surface area (Å²) in [5.41, 5.74) is 7.52. The first kappa shape index (κ1) is 13.9. The fourth-order valence-corrected chi connectivity index (χ4v) is 2.14.